The van der Waals surface area contributed by atoms with Gasteiger partial charge in [0.05, 0.1) is 0 Å². The fourth-order valence-electron chi connectivity index (χ4n) is 1.79. The van der Waals surface area contributed by atoms with Crippen LogP contribution in [-0.2, 0) is 6.42 Å². The molecule has 5 heteroatoms. The van der Waals surface area contributed by atoms with Crippen molar-refractivity contribution in [2.45, 2.75) is 19.4 Å². The molecule has 98 valence electrons. The van der Waals surface area contributed by atoms with Crippen molar-refractivity contribution >= 4 is 11.8 Å². The van der Waals surface area contributed by atoms with Crippen molar-refractivity contribution in [1.29, 1.82) is 0 Å². The Kier molecular flexibility index (Phi) is 4.07. The minimum absolute atomic E-state index is 0.0544. The molecule has 0 bridgehead atoms. The number of aromatic nitrogens is 2. The summed E-state index contributed by atoms with van der Waals surface area (Å²) in [6.07, 6.45) is 0.864. The number of carboxylic acids is 1. The van der Waals surface area contributed by atoms with E-state index in [9.17, 15) is 4.79 Å². The molecule has 2 aromatic rings. The number of aromatic carboxylic acids is 1. The summed E-state index contributed by atoms with van der Waals surface area (Å²) in [5, 5.41) is 19.4. The molecule has 2 N–H and O–H groups in total. The Hall–Kier alpha value is -2.43. The number of hydrogen-bond donors (Lipinski definition) is 2. The lowest BCUT2D eigenvalue weighted by atomic mass is 10.1. The summed E-state index contributed by atoms with van der Waals surface area (Å²) in [7, 11) is 0. The lowest BCUT2D eigenvalue weighted by Gasteiger charge is -2.14. The van der Waals surface area contributed by atoms with Gasteiger partial charge in [0.1, 0.15) is 5.82 Å². The van der Waals surface area contributed by atoms with Gasteiger partial charge in [-0.05, 0) is 31.0 Å². The van der Waals surface area contributed by atoms with Gasteiger partial charge < -0.3 is 10.4 Å². The van der Waals surface area contributed by atoms with Crippen LogP contribution >= 0.6 is 0 Å². The smallest absolute Gasteiger partial charge is 0.356 e. The van der Waals surface area contributed by atoms with Crippen LogP contribution in [0.5, 0.6) is 0 Å². The molecule has 0 saturated carbocycles. The fourth-order valence-corrected chi connectivity index (χ4v) is 1.79. The first-order valence-corrected chi connectivity index (χ1v) is 6.02. The van der Waals surface area contributed by atoms with E-state index in [1.54, 1.807) is 6.07 Å². The van der Waals surface area contributed by atoms with Gasteiger partial charge in [-0.2, -0.15) is 0 Å². The standard InChI is InChI=1S/C14H15N3O2/c1-10(9-11-5-3-2-4-6-11)15-13-8-7-12(14(18)19)16-17-13/h2-8,10H,9H2,1H3,(H,15,17)(H,18,19). The molecule has 1 aromatic heterocycles. The number of carboxylic acid groups (broad SMARTS) is 1. The second-order valence-electron chi connectivity index (χ2n) is 4.34. The van der Waals surface area contributed by atoms with E-state index in [0.29, 0.717) is 5.82 Å². The van der Waals surface area contributed by atoms with Crippen LogP contribution in [0.15, 0.2) is 42.5 Å². The van der Waals surface area contributed by atoms with Crippen LogP contribution in [0.4, 0.5) is 5.82 Å². The SMILES string of the molecule is CC(Cc1ccccc1)Nc1ccc(C(=O)O)nn1. The predicted molar refractivity (Wildman–Crippen MR) is 72.2 cm³/mol. The van der Waals surface area contributed by atoms with Gasteiger partial charge in [-0.3, -0.25) is 0 Å². The maximum atomic E-state index is 10.7. The molecule has 0 amide bonds. The Bertz CT molecular complexity index is 540. The first kappa shape index (κ1) is 13.0. The zero-order valence-corrected chi connectivity index (χ0v) is 10.6. The second-order valence-corrected chi connectivity index (χ2v) is 4.34. The summed E-state index contributed by atoms with van der Waals surface area (Å²) < 4.78 is 0. The molecule has 5 nitrogen and oxygen atoms in total. The number of benzene rings is 1. The van der Waals surface area contributed by atoms with E-state index < -0.39 is 5.97 Å². The first-order chi connectivity index (χ1) is 9.15. The highest BCUT2D eigenvalue weighted by molar-refractivity contribution is 5.85. The van der Waals surface area contributed by atoms with Crippen molar-refractivity contribution in [2.24, 2.45) is 0 Å². The van der Waals surface area contributed by atoms with Gasteiger partial charge in [-0.25, -0.2) is 4.79 Å². The molecule has 1 unspecified atom stereocenters. The number of nitrogens with one attached hydrogen (secondary N) is 1. The van der Waals surface area contributed by atoms with Gasteiger partial charge in [-0.15, -0.1) is 10.2 Å². The van der Waals surface area contributed by atoms with Crippen molar-refractivity contribution < 1.29 is 9.90 Å². The van der Waals surface area contributed by atoms with Crippen molar-refractivity contribution in [2.75, 3.05) is 5.32 Å². The molecular formula is C14H15N3O2. The van der Waals surface area contributed by atoms with Crippen LogP contribution in [-0.4, -0.2) is 27.3 Å². The molecule has 2 rings (SSSR count). The van der Waals surface area contributed by atoms with Gasteiger partial charge in [0, 0.05) is 6.04 Å². The van der Waals surface area contributed by atoms with E-state index in [1.165, 1.54) is 11.6 Å². The van der Waals surface area contributed by atoms with Gasteiger partial charge in [0.2, 0.25) is 0 Å². The lowest BCUT2D eigenvalue weighted by Crippen LogP contribution is -2.19. The summed E-state index contributed by atoms with van der Waals surface area (Å²) in [6, 6.07) is 13.4. The maximum absolute atomic E-state index is 10.7. The molecule has 0 aliphatic carbocycles. The van der Waals surface area contributed by atoms with Crippen LogP contribution in [0, 0.1) is 0 Å². The van der Waals surface area contributed by atoms with Crippen molar-refractivity contribution in [3.63, 3.8) is 0 Å². The third kappa shape index (κ3) is 3.77. The molecule has 1 heterocycles. The molecule has 19 heavy (non-hydrogen) atoms. The third-order valence-electron chi connectivity index (χ3n) is 2.66. The zero-order chi connectivity index (χ0) is 13.7. The Labute approximate surface area is 111 Å². The normalized spacial score (nSPS) is 11.8. The molecule has 1 atom stereocenters. The highest BCUT2D eigenvalue weighted by atomic mass is 16.4. The number of nitrogens with zero attached hydrogens (tertiary/aromatic N) is 2. The summed E-state index contributed by atoms with van der Waals surface area (Å²) >= 11 is 0. The van der Waals surface area contributed by atoms with E-state index in [4.69, 9.17) is 5.11 Å². The van der Waals surface area contributed by atoms with Crippen molar-refractivity contribution in [3.05, 3.63) is 53.7 Å². The van der Waals surface area contributed by atoms with E-state index in [2.05, 4.69) is 27.6 Å². The molecule has 0 radical (unpaired) electrons. The van der Waals surface area contributed by atoms with Gasteiger partial charge in [0.25, 0.3) is 0 Å². The molecule has 0 saturated heterocycles. The topological polar surface area (TPSA) is 75.1 Å². The molecule has 0 fully saturated rings. The van der Waals surface area contributed by atoms with E-state index in [1.807, 2.05) is 25.1 Å². The Morgan fingerprint density at radius 1 is 1.21 bits per heavy atom. The summed E-state index contributed by atoms with van der Waals surface area (Å²) in [5.41, 5.74) is 1.18. The van der Waals surface area contributed by atoms with E-state index >= 15 is 0 Å². The molecular weight excluding hydrogens is 242 g/mol. The zero-order valence-electron chi connectivity index (χ0n) is 10.6. The van der Waals surface area contributed by atoms with Crippen LogP contribution in [0.25, 0.3) is 0 Å². The first-order valence-electron chi connectivity index (χ1n) is 6.02. The molecule has 0 aliphatic heterocycles. The summed E-state index contributed by atoms with van der Waals surface area (Å²) in [5.74, 6) is -0.496. The number of anilines is 1. The third-order valence-corrected chi connectivity index (χ3v) is 2.66. The van der Waals surface area contributed by atoms with Gasteiger partial charge >= 0.3 is 5.97 Å². The Morgan fingerprint density at radius 2 is 1.95 bits per heavy atom. The van der Waals surface area contributed by atoms with Gasteiger partial charge in [-0.1, -0.05) is 30.3 Å². The highest BCUT2D eigenvalue weighted by Gasteiger charge is 2.07. The maximum Gasteiger partial charge on any atom is 0.356 e. The fraction of sp³-hybridized carbons (Fsp3) is 0.214. The lowest BCUT2D eigenvalue weighted by molar-refractivity contribution is 0.0689. The highest BCUT2D eigenvalue weighted by Crippen LogP contribution is 2.08. The van der Waals surface area contributed by atoms with Crippen molar-refractivity contribution in [3.8, 4) is 0 Å². The minimum atomic E-state index is -1.07. The second kappa shape index (κ2) is 5.95. The van der Waals surface area contributed by atoms with Gasteiger partial charge in [0.15, 0.2) is 5.69 Å². The average Bonchev–Trinajstić information content (AvgIpc) is 2.40. The number of carbonyl (C=O) groups is 1. The summed E-state index contributed by atoms with van der Waals surface area (Å²) in [6.45, 7) is 2.04. The molecule has 1 aromatic carbocycles. The molecule has 0 aliphatic rings. The monoisotopic (exact) mass is 257 g/mol. The number of rotatable bonds is 5. The number of hydrogen-bond acceptors (Lipinski definition) is 4. The van der Waals surface area contributed by atoms with Crippen molar-refractivity contribution in [1.82, 2.24) is 10.2 Å². The van der Waals surface area contributed by atoms with Crippen LogP contribution < -0.4 is 5.32 Å². The van der Waals surface area contributed by atoms with Crippen LogP contribution in [0.2, 0.25) is 0 Å². The minimum Gasteiger partial charge on any atom is -0.476 e. The molecule has 0 spiro atoms. The quantitative estimate of drug-likeness (QED) is 0.859. The average molecular weight is 257 g/mol. The predicted octanol–water partition coefficient (Wildman–Crippen LogP) is 2.22. The Balaban J connectivity index is 1.95. The largest absolute Gasteiger partial charge is 0.476 e. The van der Waals surface area contributed by atoms with Crippen LogP contribution in [0.1, 0.15) is 23.0 Å². The van der Waals surface area contributed by atoms with Crippen LogP contribution in [0.3, 0.4) is 0 Å². The van der Waals surface area contributed by atoms with E-state index in [0.717, 1.165) is 6.42 Å². The summed E-state index contributed by atoms with van der Waals surface area (Å²) in [4.78, 5) is 10.7. The van der Waals surface area contributed by atoms with E-state index in [-0.39, 0.29) is 11.7 Å². The Morgan fingerprint density at radius 3 is 2.53 bits per heavy atom.